The number of fused-ring (bicyclic) bond motifs is 1. The maximum Gasteiger partial charge on any atom is 0.249 e. The first kappa shape index (κ1) is 14.6. The van der Waals surface area contributed by atoms with Crippen LogP contribution in [0.25, 0.3) is 0 Å². The van der Waals surface area contributed by atoms with Crippen molar-refractivity contribution in [3.05, 3.63) is 30.6 Å². The molecule has 0 atom stereocenters. The Kier molecular flexibility index (Phi) is 4.09. The molecule has 0 amide bonds. The Balaban J connectivity index is 1.92. The molecule has 2 aromatic rings. The molecule has 0 unspecified atom stereocenters. The first-order chi connectivity index (χ1) is 10.7. The van der Waals surface area contributed by atoms with E-state index in [4.69, 9.17) is 0 Å². The summed E-state index contributed by atoms with van der Waals surface area (Å²) in [6.45, 7) is 8.54. The molecule has 0 fully saturated rings. The van der Waals surface area contributed by atoms with Crippen LogP contribution in [0.15, 0.2) is 40.8 Å². The number of likely N-dealkylation sites (N-methyl/N-ethyl adjacent to an activating group) is 2. The van der Waals surface area contributed by atoms with Gasteiger partial charge in [-0.3, -0.25) is 0 Å². The van der Waals surface area contributed by atoms with Crippen LogP contribution in [0.5, 0.6) is 0 Å². The lowest BCUT2D eigenvalue weighted by molar-refractivity contribution is 0.723. The lowest BCUT2D eigenvalue weighted by atomic mass is 10.1. The zero-order chi connectivity index (χ0) is 15.5. The molecule has 6 heteroatoms. The van der Waals surface area contributed by atoms with Gasteiger partial charge < -0.3 is 14.4 Å². The van der Waals surface area contributed by atoms with Gasteiger partial charge in [0.05, 0.1) is 17.1 Å². The van der Waals surface area contributed by atoms with Crippen LogP contribution < -0.4 is 9.80 Å². The van der Waals surface area contributed by atoms with Gasteiger partial charge in [0.25, 0.3) is 0 Å². The van der Waals surface area contributed by atoms with Crippen molar-refractivity contribution in [2.24, 2.45) is 17.3 Å². The van der Waals surface area contributed by atoms with E-state index >= 15 is 0 Å². The van der Waals surface area contributed by atoms with Crippen molar-refractivity contribution < 1.29 is 0 Å². The molecule has 3 rings (SSSR count). The van der Waals surface area contributed by atoms with Crippen LogP contribution in [0.3, 0.4) is 0 Å². The summed E-state index contributed by atoms with van der Waals surface area (Å²) in [6.07, 6.45) is 3.58. The first-order valence-electron chi connectivity index (χ1n) is 7.76. The predicted octanol–water partition coefficient (Wildman–Crippen LogP) is 3.50. The van der Waals surface area contributed by atoms with Gasteiger partial charge in [-0.15, -0.1) is 10.2 Å². The zero-order valence-electron chi connectivity index (χ0n) is 13.4. The number of anilines is 2. The van der Waals surface area contributed by atoms with Gasteiger partial charge in [-0.1, -0.05) is 0 Å². The molecule has 0 spiro atoms. The molecule has 2 heterocycles. The lowest BCUT2D eigenvalue weighted by Gasteiger charge is -2.38. The molecule has 0 aliphatic carbocycles. The normalized spacial score (nSPS) is 14.7. The van der Waals surface area contributed by atoms with Gasteiger partial charge in [0, 0.05) is 45.6 Å². The Labute approximate surface area is 131 Å². The van der Waals surface area contributed by atoms with Gasteiger partial charge in [-0.25, -0.2) is 4.98 Å². The van der Waals surface area contributed by atoms with E-state index in [2.05, 4.69) is 51.0 Å². The number of rotatable bonds is 4. The SMILES string of the molecule is CCN1CCN(CC)c2cc(/N=N/c3nccn3C)ccc21. The smallest absolute Gasteiger partial charge is 0.249 e. The average molecular weight is 298 g/mol. The van der Waals surface area contributed by atoms with Crippen LogP contribution in [-0.4, -0.2) is 35.7 Å². The molecule has 1 aliphatic rings. The van der Waals surface area contributed by atoms with Gasteiger partial charge in [0.15, 0.2) is 0 Å². The highest BCUT2D eigenvalue weighted by Crippen LogP contribution is 2.36. The van der Waals surface area contributed by atoms with Crippen LogP contribution >= 0.6 is 0 Å². The summed E-state index contributed by atoms with van der Waals surface area (Å²) in [5, 5.41) is 8.55. The number of hydrogen-bond donors (Lipinski definition) is 0. The number of nitrogens with zero attached hydrogens (tertiary/aromatic N) is 6. The molecule has 0 N–H and O–H groups in total. The molecular formula is C16H22N6. The molecule has 0 saturated carbocycles. The molecule has 1 aromatic carbocycles. The number of imidazole rings is 1. The monoisotopic (exact) mass is 298 g/mol. The number of benzene rings is 1. The second-order valence-corrected chi connectivity index (χ2v) is 5.37. The second-order valence-electron chi connectivity index (χ2n) is 5.37. The quantitative estimate of drug-likeness (QED) is 0.812. The average Bonchev–Trinajstić information content (AvgIpc) is 2.96. The fraction of sp³-hybridized carbons (Fsp3) is 0.438. The molecular weight excluding hydrogens is 276 g/mol. The summed E-state index contributed by atoms with van der Waals surface area (Å²) in [4.78, 5) is 8.95. The van der Waals surface area contributed by atoms with Crippen LogP contribution in [0.1, 0.15) is 13.8 Å². The Bertz CT molecular complexity index is 675. The minimum Gasteiger partial charge on any atom is -0.368 e. The summed E-state index contributed by atoms with van der Waals surface area (Å²) in [7, 11) is 1.91. The van der Waals surface area contributed by atoms with Crippen molar-refractivity contribution in [3.63, 3.8) is 0 Å². The van der Waals surface area contributed by atoms with Gasteiger partial charge >= 0.3 is 0 Å². The van der Waals surface area contributed by atoms with E-state index in [1.165, 1.54) is 11.4 Å². The Morgan fingerprint density at radius 3 is 2.41 bits per heavy atom. The maximum absolute atomic E-state index is 4.33. The van der Waals surface area contributed by atoms with Crippen molar-refractivity contribution in [1.29, 1.82) is 0 Å². The predicted molar refractivity (Wildman–Crippen MR) is 89.6 cm³/mol. The highest BCUT2D eigenvalue weighted by molar-refractivity contribution is 5.76. The minimum absolute atomic E-state index is 0.611. The van der Waals surface area contributed by atoms with E-state index in [1.54, 1.807) is 6.20 Å². The molecule has 6 nitrogen and oxygen atoms in total. The highest BCUT2D eigenvalue weighted by Gasteiger charge is 2.20. The van der Waals surface area contributed by atoms with Crippen molar-refractivity contribution in [3.8, 4) is 0 Å². The number of azo groups is 1. The summed E-state index contributed by atoms with van der Waals surface area (Å²) < 4.78 is 1.85. The fourth-order valence-corrected chi connectivity index (χ4v) is 2.79. The third-order valence-electron chi connectivity index (χ3n) is 4.09. The number of hydrogen-bond acceptors (Lipinski definition) is 5. The largest absolute Gasteiger partial charge is 0.368 e. The van der Waals surface area contributed by atoms with Crippen molar-refractivity contribution in [2.45, 2.75) is 13.8 Å². The summed E-state index contributed by atoms with van der Waals surface area (Å²) in [5.41, 5.74) is 3.39. The highest BCUT2D eigenvalue weighted by atomic mass is 15.3. The standard InChI is InChI=1S/C16H22N6/c1-4-21-10-11-22(5-2)15-12-13(6-7-14(15)21)18-19-16-17-8-9-20(16)3/h6-9,12H,4-5,10-11H2,1-3H3/b19-18+. The van der Waals surface area contributed by atoms with Crippen LogP contribution in [0.4, 0.5) is 23.0 Å². The van der Waals surface area contributed by atoms with Crippen molar-refractivity contribution in [1.82, 2.24) is 9.55 Å². The lowest BCUT2D eigenvalue weighted by Crippen LogP contribution is -2.40. The van der Waals surface area contributed by atoms with Crippen LogP contribution in [0, 0.1) is 0 Å². The van der Waals surface area contributed by atoms with E-state index in [9.17, 15) is 0 Å². The first-order valence-corrected chi connectivity index (χ1v) is 7.76. The topological polar surface area (TPSA) is 49.0 Å². The van der Waals surface area contributed by atoms with E-state index in [-0.39, 0.29) is 0 Å². The van der Waals surface area contributed by atoms with Gasteiger partial charge in [0.1, 0.15) is 0 Å². The Morgan fingerprint density at radius 2 is 1.77 bits per heavy atom. The third-order valence-corrected chi connectivity index (χ3v) is 4.09. The number of aryl methyl sites for hydroxylation is 1. The van der Waals surface area contributed by atoms with Gasteiger partial charge in [-0.05, 0) is 32.0 Å². The summed E-state index contributed by atoms with van der Waals surface area (Å²) in [5.74, 6) is 0.611. The molecule has 1 aromatic heterocycles. The maximum atomic E-state index is 4.33. The zero-order valence-corrected chi connectivity index (χ0v) is 13.4. The Hall–Kier alpha value is -2.37. The van der Waals surface area contributed by atoms with E-state index in [1.807, 2.05) is 23.9 Å². The number of aromatic nitrogens is 2. The summed E-state index contributed by atoms with van der Waals surface area (Å²) in [6, 6.07) is 6.29. The Morgan fingerprint density at radius 1 is 1.05 bits per heavy atom. The molecule has 0 radical (unpaired) electrons. The van der Waals surface area contributed by atoms with Crippen molar-refractivity contribution >= 4 is 23.0 Å². The van der Waals surface area contributed by atoms with Crippen LogP contribution in [-0.2, 0) is 7.05 Å². The van der Waals surface area contributed by atoms with Crippen LogP contribution in [0.2, 0.25) is 0 Å². The van der Waals surface area contributed by atoms with E-state index in [0.717, 1.165) is 31.9 Å². The molecule has 0 saturated heterocycles. The van der Waals surface area contributed by atoms with E-state index in [0.29, 0.717) is 5.95 Å². The minimum atomic E-state index is 0.611. The van der Waals surface area contributed by atoms with E-state index < -0.39 is 0 Å². The summed E-state index contributed by atoms with van der Waals surface area (Å²) >= 11 is 0. The molecule has 1 aliphatic heterocycles. The second kappa shape index (κ2) is 6.17. The van der Waals surface area contributed by atoms with Crippen molar-refractivity contribution in [2.75, 3.05) is 36.0 Å². The fourth-order valence-electron chi connectivity index (χ4n) is 2.79. The molecule has 0 bridgehead atoms. The molecule has 22 heavy (non-hydrogen) atoms. The third kappa shape index (κ3) is 2.68. The van der Waals surface area contributed by atoms with Gasteiger partial charge in [0.2, 0.25) is 5.95 Å². The molecule has 116 valence electrons. The van der Waals surface area contributed by atoms with Gasteiger partial charge in [-0.2, -0.15) is 0 Å².